The largest absolute Gasteiger partial charge is 0.492 e. The minimum atomic E-state index is -3.50. The topological polar surface area (TPSA) is 113 Å². The van der Waals surface area contributed by atoms with Crippen LogP contribution < -0.4 is 10.1 Å². The molecule has 3 rings (SSSR count). The lowest BCUT2D eigenvalue weighted by molar-refractivity contribution is -0.126. The minimum Gasteiger partial charge on any atom is -0.492 e. The summed E-state index contributed by atoms with van der Waals surface area (Å²) in [5, 5.41) is 3.38. The van der Waals surface area contributed by atoms with Crippen LogP contribution in [0.5, 0.6) is 5.75 Å². The fourth-order valence-electron chi connectivity index (χ4n) is 3.68. The summed E-state index contributed by atoms with van der Waals surface area (Å²) in [4.78, 5) is 12.7. The quantitative estimate of drug-likeness (QED) is 0.460. The first-order valence-corrected chi connectivity index (χ1v) is 14.6. The van der Waals surface area contributed by atoms with Crippen molar-refractivity contribution in [1.29, 1.82) is 0 Å². The van der Waals surface area contributed by atoms with Gasteiger partial charge < -0.3 is 10.1 Å². The Morgan fingerprint density at radius 3 is 2.20 bits per heavy atom. The van der Waals surface area contributed by atoms with Crippen LogP contribution in [-0.2, 0) is 30.6 Å². The first-order valence-electron chi connectivity index (χ1n) is 11.1. The van der Waals surface area contributed by atoms with E-state index in [1.807, 2.05) is 0 Å². The van der Waals surface area contributed by atoms with E-state index in [0.717, 1.165) is 4.31 Å². The molecule has 192 valence electrons. The van der Waals surface area contributed by atoms with Crippen LogP contribution in [-0.4, -0.2) is 71.7 Å². The maximum absolute atomic E-state index is 12.7. The van der Waals surface area contributed by atoms with Crippen molar-refractivity contribution in [2.75, 3.05) is 40.3 Å². The number of amides is 1. The van der Waals surface area contributed by atoms with Crippen LogP contribution in [0.3, 0.4) is 0 Å². The van der Waals surface area contributed by atoms with E-state index in [0.29, 0.717) is 42.3 Å². The average molecular weight is 544 g/mol. The highest BCUT2D eigenvalue weighted by atomic mass is 35.5. The van der Waals surface area contributed by atoms with Gasteiger partial charge in [0.05, 0.1) is 17.2 Å². The molecule has 1 fully saturated rings. The molecular formula is C23H30ClN3O6S2. The van der Waals surface area contributed by atoms with E-state index in [9.17, 15) is 21.6 Å². The van der Waals surface area contributed by atoms with Crippen molar-refractivity contribution in [1.82, 2.24) is 13.9 Å². The molecule has 0 spiro atoms. The number of benzene rings is 2. The summed E-state index contributed by atoms with van der Waals surface area (Å²) in [6, 6.07) is 12.8. The molecular weight excluding hydrogens is 514 g/mol. The van der Waals surface area contributed by atoms with Crippen molar-refractivity contribution in [3.8, 4) is 5.75 Å². The lowest BCUT2D eigenvalue weighted by Crippen LogP contribution is -2.43. The van der Waals surface area contributed by atoms with E-state index in [-0.39, 0.29) is 35.6 Å². The third-order valence-electron chi connectivity index (χ3n) is 5.75. The molecule has 0 bridgehead atoms. The molecule has 12 heteroatoms. The predicted octanol–water partition coefficient (Wildman–Crippen LogP) is 2.33. The maximum atomic E-state index is 12.7. The van der Waals surface area contributed by atoms with Crippen LogP contribution in [0.15, 0.2) is 53.4 Å². The number of halogens is 1. The van der Waals surface area contributed by atoms with Gasteiger partial charge in [-0.15, -0.1) is 0 Å². The zero-order valence-corrected chi connectivity index (χ0v) is 22.1. The molecule has 9 nitrogen and oxygen atoms in total. The average Bonchev–Trinajstić information content (AvgIpc) is 2.83. The Morgan fingerprint density at radius 1 is 1.03 bits per heavy atom. The van der Waals surface area contributed by atoms with E-state index in [4.69, 9.17) is 16.3 Å². The van der Waals surface area contributed by atoms with Crippen molar-refractivity contribution in [3.63, 3.8) is 0 Å². The Morgan fingerprint density at radius 2 is 1.63 bits per heavy atom. The smallest absolute Gasteiger partial charge is 0.242 e. The van der Waals surface area contributed by atoms with Crippen molar-refractivity contribution in [3.05, 3.63) is 59.1 Å². The van der Waals surface area contributed by atoms with Gasteiger partial charge in [-0.25, -0.2) is 25.4 Å². The van der Waals surface area contributed by atoms with Gasteiger partial charge in [-0.1, -0.05) is 23.7 Å². The van der Waals surface area contributed by atoms with Crippen LogP contribution in [0, 0.1) is 5.92 Å². The van der Waals surface area contributed by atoms with Gasteiger partial charge in [0.25, 0.3) is 0 Å². The van der Waals surface area contributed by atoms with Gasteiger partial charge in [-0.2, -0.15) is 0 Å². The summed E-state index contributed by atoms with van der Waals surface area (Å²) < 4.78 is 57.8. The summed E-state index contributed by atoms with van der Waals surface area (Å²) in [5.41, 5.74) is 0.670. The lowest BCUT2D eigenvalue weighted by Gasteiger charge is -2.30. The molecule has 35 heavy (non-hydrogen) atoms. The first kappa shape index (κ1) is 27.4. The van der Waals surface area contributed by atoms with E-state index in [1.165, 1.54) is 30.5 Å². The predicted molar refractivity (Wildman–Crippen MR) is 134 cm³/mol. The van der Waals surface area contributed by atoms with E-state index < -0.39 is 20.0 Å². The number of rotatable bonds is 10. The number of nitrogens with zero attached hydrogens (tertiary/aromatic N) is 2. The Hall–Kier alpha value is -2.18. The Labute approximate surface area is 212 Å². The summed E-state index contributed by atoms with van der Waals surface area (Å²) in [6.07, 6.45) is 0.905. The van der Waals surface area contributed by atoms with Crippen molar-refractivity contribution in [2.45, 2.75) is 23.5 Å². The normalized spacial score (nSPS) is 15.8. The highest BCUT2D eigenvalue weighted by Crippen LogP contribution is 2.22. The van der Waals surface area contributed by atoms with Gasteiger partial charge >= 0.3 is 0 Å². The lowest BCUT2D eigenvalue weighted by atomic mass is 9.97. The fourth-order valence-corrected chi connectivity index (χ4v) is 6.28. The molecule has 2 aromatic carbocycles. The van der Waals surface area contributed by atoms with Gasteiger partial charge in [0.2, 0.25) is 26.0 Å². The molecule has 1 aliphatic heterocycles. The van der Waals surface area contributed by atoms with E-state index in [2.05, 4.69) is 5.32 Å². The fraction of sp³-hybridized carbons (Fsp3) is 0.435. The van der Waals surface area contributed by atoms with Gasteiger partial charge in [-0.3, -0.25) is 4.79 Å². The van der Waals surface area contributed by atoms with Crippen LogP contribution in [0.2, 0.25) is 5.02 Å². The van der Waals surface area contributed by atoms with Crippen LogP contribution in [0.1, 0.15) is 18.4 Å². The molecule has 1 heterocycles. The molecule has 1 saturated heterocycles. The molecule has 1 aliphatic rings. The molecule has 0 unspecified atom stereocenters. The summed E-state index contributed by atoms with van der Waals surface area (Å²) in [5.74, 6) is 0.0138. The van der Waals surface area contributed by atoms with Gasteiger partial charge in [0.15, 0.2) is 0 Å². The monoisotopic (exact) mass is 543 g/mol. The molecule has 0 atom stereocenters. The van der Waals surface area contributed by atoms with Crippen LogP contribution in [0.25, 0.3) is 0 Å². The second-order valence-electron chi connectivity index (χ2n) is 8.45. The van der Waals surface area contributed by atoms with Crippen LogP contribution in [0.4, 0.5) is 0 Å². The Bertz CT molecular complexity index is 1210. The summed E-state index contributed by atoms with van der Waals surface area (Å²) >= 11 is 5.86. The number of nitrogens with one attached hydrogen (secondary N) is 1. The van der Waals surface area contributed by atoms with Gasteiger partial charge in [0.1, 0.15) is 12.4 Å². The Kier molecular flexibility index (Phi) is 9.16. The minimum absolute atomic E-state index is 0.0968. The number of sulfonamides is 2. The SMILES string of the molecule is CN(C)S(=O)(=O)c1ccc(OCCNC(=O)C2CCN(S(=O)(=O)Cc3ccc(Cl)cc3)CC2)cc1. The summed E-state index contributed by atoms with van der Waals surface area (Å²) in [7, 11) is -4.04. The third-order valence-corrected chi connectivity index (χ3v) is 9.68. The summed E-state index contributed by atoms with van der Waals surface area (Å²) in [6.45, 7) is 1.10. The van der Waals surface area contributed by atoms with Crippen molar-refractivity contribution in [2.24, 2.45) is 5.92 Å². The zero-order chi connectivity index (χ0) is 25.6. The molecule has 0 aliphatic carbocycles. The third kappa shape index (κ3) is 7.40. The second kappa shape index (κ2) is 11.7. The number of hydrogen-bond acceptors (Lipinski definition) is 6. The van der Waals surface area contributed by atoms with Crippen LogP contribution >= 0.6 is 11.6 Å². The molecule has 2 aromatic rings. The molecule has 0 saturated carbocycles. The van der Waals surface area contributed by atoms with Gasteiger partial charge in [0, 0.05) is 38.1 Å². The second-order valence-corrected chi connectivity index (χ2v) is 13.0. The number of hydrogen-bond donors (Lipinski definition) is 1. The number of carbonyl (C=O) groups is 1. The standard InChI is InChI=1S/C23H30ClN3O6S2/c1-26(2)35(31,32)22-9-7-21(8-10-22)33-16-13-25-23(28)19-11-14-27(15-12-19)34(29,30)17-18-3-5-20(24)6-4-18/h3-10,19H,11-17H2,1-2H3,(H,25,28). The molecule has 0 aromatic heterocycles. The maximum Gasteiger partial charge on any atom is 0.242 e. The highest BCUT2D eigenvalue weighted by molar-refractivity contribution is 7.89. The van der Waals surface area contributed by atoms with Crippen molar-refractivity contribution >= 4 is 37.6 Å². The number of piperidine rings is 1. The van der Waals surface area contributed by atoms with Crippen molar-refractivity contribution < 1.29 is 26.4 Å². The zero-order valence-electron chi connectivity index (χ0n) is 19.7. The highest BCUT2D eigenvalue weighted by Gasteiger charge is 2.31. The van der Waals surface area contributed by atoms with E-state index in [1.54, 1.807) is 36.4 Å². The molecule has 1 amide bonds. The first-order chi connectivity index (χ1) is 16.5. The number of carbonyl (C=O) groups excluding carboxylic acids is 1. The molecule has 1 N–H and O–H groups in total. The molecule has 0 radical (unpaired) electrons. The Balaban J connectivity index is 1.40. The van der Waals surface area contributed by atoms with Gasteiger partial charge in [-0.05, 0) is 54.8 Å². The van der Waals surface area contributed by atoms with E-state index >= 15 is 0 Å². The number of ether oxygens (including phenoxy) is 1.